The van der Waals surface area contributed by atoms with Gasteiger partial charge < -0.3 is 5.11 Å². The Bertz CT molecular complexity index is 333. The van der Waals surface area contributed by atoms with Crippen molar-refractivity contribution in [2.75, 3.05) is 19.3 Å². The molecule has 2 fully saturated rings. The number of hydrogen-bond acceptors (Lipinski definition) is 3. The number of aliphatic hydroxyl groups is 1. The molecule has 0 aromatic rings. The average molecular weight is 247 g/mol. The quantitative estimate of drug-likeness (QED) is 0.724. The fourth-order valence-electron chi connectivity index (χ4n) is 1.89. The Morgan fingerprint density at radius 3 is 2.44 bits per heavy atom. The minimum absolute atomic E-state index is 0.242. The number of rotatable bonds is 7. The van der Waals surface area contributed by atoms with E-state index in [4.69, 9.17) is 0 Å². The molecule has 94 valence electrons. The number of aliphatic hydroxyl groups excluding tert-OH is 1. The van der Waals surface area contributed by atoms with Crippen molar-refractivity contribution in [3.8, 4) is 0 Å². The highest BCUT2D eigenvalue weighted by Crippen LogP contribution is 2.34. The van der Waals surface area contributed by atoms with Gasteiger partial charge in [-0.3, -0.25) is 0 Å². The first kappa shape index (κ1) is 12.3. The summed E-state index contributed by atoms with van der Waals surface area (Å²) in [5, 5.41) is 9.71. The summed E-state index contributed by atoms with van der Waals surface area (Å²) in [6.45, 7) is 0.262. The maximum Gasteiger partial charge on any atom is 0.213 e. The summed E-state index contributed by atoms with van der Waals surface area (Å²) in [7, 11) is -1.57. The molecular weight excluding hydrogens is 226 g/mol. The predicted octanol–water partition coefficient (Wildman–Crippen LogP) is 0.819. The maximum absolute atomic E-state index is 11.9. The van der Waals surface area contributed by atoms with Crippen LogP contribution in [0.4, 0.5) is 0 Å². The fraction of sp³-hybridized carbons (Fsp3) is 1.00. The zero-order valence-corrected chi connectivity index (χ0v) is 10.6. The standard InChI is InChI=1S/C11H21NO3S/c1-12(8-11(13)10-4-5-10)16(14,15)7-6-9-2-3-9/h9-11,13H,2-8H2,1H3. The van der Waals surface area contributed by atoms with Gasteiger partial charge in [-0.15, -0.1) is 0 Å². The van der Waals surface area contributed by atoms with Gasteiger partial charge in [0.2, 0.25) is 10.0 Å². The second-order valence-electron chi connectivity index (χ2n) is 5.23. The molecule has 0 aliphatic heterocycles. The Balaban J connectivity index is 1.78. The third kappa shape index (κ3) is 3.43. The van der Waals surface area contributed by atoms with E-state index in [2.05, 4.69) is 0 Å². The predicted molar refractivity (Wildman–Crippen MR) is 62.5 cm³/mol. The summed E-state index contributed by atoms with van der Waals surface area (Å²) in [6, 6.07) is 0. The van der Waals surface area contributed by atoms with E-state index in [9.17, 15) is 13.5 Å². The third-order valence-electron chi connectivity index (χ3n) is 3.57. The van der Waals surface area contributed by atoms with Crippen LogP contribution in [0.25, 0.3) is 0 Å². The molecular formula is C11H21NO3S. The Hall–Kier alpha value is -0.130. The molecule has 0 aromatic heterocycles. The van der Waals surface area contributed by atoms with E-state index in [0.717, 1.165) is 19.3 Å². The molecule has 0 spiro atoms. The van der Waals surface area contributed by atoms with Gasteiger partial charge in [0.25, 0.3) is 0 Å². The lowest BCUT2D eigenvalue weighted by atomic mass is 10.2. The van der Waals surface area contributed by atoms with Gasteiger partial charge in [0, 0.05) is 13.6 Å². The van der Waals surface area contributed by atoms with Crippen LogP contribution < -0.4 is 0 Å². The van der Waals surface area contributed by atoms with E-state index in [1.165, 1.54) is 17.1 Å². The first-order chi connectivity index (χ1) is 7.49. The lowest BCUT2D eigenvalue weighted by Gasteiger charge is -2.20. The largest absolute Gasteiger partial charge is 0.391 e. The van der Waals surface area contributed by atoms with E-state index < -0.39 is 16.1 Å². The molecule has 0 amide bonds. The van der Waals surface area contributed by atoms with Crippen LogP contribution in [0.15, 0.2) is 0 Å². The number of hydrogen-bond donors (Lipinski definition) is 1. The van der Waals surface area contributed by atoms with E-state index in [-0.39, 0.29) is 12.3 Å². The molecule has 0 heterocycles. The highest BCUT2D eigenvalue weighted by atomic mass is 32.2. The zero-order chi connectivity index (χ0) is 11.8. The van der Waals surface area contributed by atoms with Crippen molar-refractivity contribution in [1.82, 2.24) is 4.31 Å². The first-order valence-corrected chi connectivity index (χ1v) is 7.72. The minimum Gasteiger partial charge on any atom is -0.391 e. The summed E-state index contributed by atoms with van der Waals surface area (Å²) in [6.07, 6.45) is 4.76. The lowest BCUT2D eigenvalue weighted by molar-refractivity contribution is 0.131. The van der Waals surface area contributed by atoms with Crippen molar-refractivity contribution in [1.29, 1.82) is 0 Å². The Morgan fingerprint density at radius 1 is 1.31 bits per heavy atom. The molecule has 4 nitrogen and oxygen atoms in total. The van der Waals surface area contributed by atoms with Gasteiger partial charge >= 0.3 is 0 Å². The highest BCUT2D eigenvalue weighted by Gasteiger charge is 2.33. The van der Waals surface area contributed by atoms with Crippen LogP contribution in [0, 0.1) is 11.8 Å². The van der Waals surface area contributed by atoms with Crippen LogP contribution in [0.5, 0.6) is 0 Å². The summed E-state index contributed by atoms with van der Waals surface area (Å²) in [4.78, 5) is 0. The molecule has 0 bridgehead atoms. The number of likely N-dealkylation sites (N-methyl/N-ethyl adjacent to an activating group) is 1. The van der Waals surface area contributed by atoms with Crippen molar-refractivity contribution in [3.05, 3.63) is 0 Å². The second kappa shape index (κ2) is 4.63. The van der Waals surface area contributed by atoms with Crippen molar-refractivity contribution < 1.29 is 13.5 Å². The average Bonchev–Trinajstić information content (AvgIpc) is 3.05. The molecule has 1 unspecified atom stereocenters. The molecule has 16 heavy (non-hydrogen) atoms. The van der Waals surface area contributed by atoms with Gasteiger partial charge in [0.15, 0.2) is 0 Å². The zero-order valence-electron chi connectivity index (χ0n) is 9.80. The van der Waals surface area contributed by atoms with E-state index in [1.807, 2.05) is 0 Å². The molecule has 2 aliphatic rings. The van der Waals surface area contributed by atoms with Gasteiger partial charge in [-0.05, 0) is 31.1 Å². The normalized spacial score (nSPS) is 23.7. The highest BCUT2D eigenvalue weighted by molar-refractivity contribution is 7.89. The van der Waals surface area contributed by atoms with E-state index in [1.54, 1.807) is 7.05 Å². The number of sulfonamides is 1. The molecule has 2 aliphatic carbocycles. The van der Waals surface area contributed by atoms with Crippen molar-refractivity contribution >= 4 is 10.0 Å². The monoisotopic (exact) mass is 247 g/mol. The molecule has 1 N–H and O–H groups in total. The van der Waals surface area contributed by atoms with Gasteiger partial charge in [-0.2, -0.15) is 0 Å². The molecule has 0 radical (unpaired) electrons. The van der Waals surface area contributed by atoms with Crippen LogP contribution in [-0.4, -0.2) is 43.3 Å². The maximum atomic E-state index is 11.9. The minimum atomic E-state index is -3.14. The summed E-state index contributed by atoms with van der Waals surface area (Å²) < 4.78 is 25.0. The lowest BCUT2D eigenvalue weighted by Crippen LogP contribution is -2.36. The molecule has 5 heteroatoms. The molecule has 0 aromatic carbocycles. The van der Waals surface area contributed by atoms with Crippen LogP contribution >= 0.6 is 0 Å². The van der Waals surface area contributed by atoms with E-state index >= 15 is 0 Å². The Morgan fingerprint density at radius 2 is 1.94 bits per heavy atom. The van der Waals surface area contributed by atoms with Crippen LogP contribution in [0.3, 0.4) is 0 Å². The number of nitrogens with zero attached hydrogens (tertiary/aromatic N) is 1. The van der Waals surface area contributed by atoms with Crippen molar-refractivity contribution in [2.24, 2.45) is 11.8 Å². The Labute approximate surface area is 97.7 Å². The first-order valence-electron chi connectivity index (χ1n) is 6.11. The van der Waals surface area contributed by atoms with Gasteiger partial charge in [0.05, 0.1) is 11.9 Å². The van der Waals surface area contributed by atoms with Gasteiger partial charge in [-0.1, -0.05) is 12.8 Å². The summed E-state index contributed by atoms with van der Waals surface area (Å²) in [5.41, 5.74) is 0. The van der Waals surface area contributed by atoms with Crippen LogP contribution in [0.1, 0.15) is 32.1 Å². The smallest absolute Gasteiger partial charge is 0.213 e. The van der Waals surface area contributed by atoms with Crippen molar-refractivity contribution in [3.63, 3.8) is 0 Å². The van der Waals surface area contributed by atoms with Crippen LogP contribution in [-0.2, 0) is 10.0 Å². The summed E-state index contributed by atoms with van der Waals surface area (Å²) in [5.74, 6) is 1.21. The molecule has 2 rings (SSSR count). The van der Waals surface area contributed by atoms with Crippen molar-refractivity contribution in [2.45, 2.75) is 38.2 Å². The topological polar surface area (TPSA) is 57.6 Å². The molecule has 2 saturated carbocycles. The fourth-order valence-corrected chi connectivity index (χ4v) is 3.21. The molecule has 0 saturated heterocycles. The van der Waals surface area contributed by atoms with Gasteiger partial charge in [-0.25, -0.2) is 12.7 Å². The third-order valence-corrected chi connectivity index (χ3v) is 5.42. The SMILES string of the molecule is CN(CC(O)C1CC1)S(=O)(=O)CCC1CC1. The second-order valence-corrected chi connectivity index (χ2v) is 7.43. The van der Waals surface area contributed by atoms with Gasteiger partial charge in [0.1, 0.15) is 0 Å². The van der Waals surface area contributed by atoms with E-state index in [0.29, 0.717) is 11.8 Å². The molecule has 1 atom stereocenters. The van der Waals surface area contributed by atoms with Crippen LogP contribution in [0.2, 0.25) is 0 Å². The Kier molecular flexibility index (Phi) is 3.56. The summed E-state index contributed by atoms with van der Waals surface area (Å²) >= 11 is 0.